The molecule has 3 amide bonds. The second-order valence-corrected chi connectivity index (χ2v) is 10.5. The van der Waals surface area contributed by atoms with E-state index >= 15 is 0 Å². The molecule has 0 spiro atoms. The molecule has 2 aliphatic rings. The number of fused-ring (bicyclic) bond motifs is 5. The molecule has 1 fully saturated rings. The van der Waals surface area contributed by atoms with E-state index in [1.807, 2.05) is 44.2 Å². The number of rotatable bonds is 2. The molecule has 1 aromatic heterocycles. The summed E-state index contributed by atoms with van der Waals surface area (Å²) in [6.07, 6.45) is 0.406. The zero-order valence-electron chi connectivity index (χ0n) is 23.2. The highest BCUT2D eigenvalue weighted by atomic mass is 16.5. The van der Waals surface area contributed by atoms with Gasteiger partial charge in [-0.05, 0) is 62.6 Å². The highest BCUT2D eigenvalue weighted by Crippen LogP contribution is 2.28. The lowest BCUT2D eigenvalue weighted by Crippen LogP contribution is -2.58. The van der Waals surface area contributed by atoms with E-state index in [2.05, 4.69) is 10.5 Å². The molecule has 4 bridgehead atoms. The van der Waals surface area contributed by atoms with E-state index in [9.17, 15) is 14.4 Å². The van der Waals surface area contributed by atoms with Gasteiger partial charge in [0.05, 0.1) is 37.4 Å². The summed E-state index contributed by atoms with van der Waals surface area (Å²) < 4.78 is 17.7. The van der Waals surface area contributed by atoms with E-state index in [0.29, 0.717) is 54.6 Å². The Balaban J connectivity index is 1.38. The molecule has 1 saturated heterocycles. The number of likely N-dealkylation sites (N-methyl/N-ethyl adjacent to an activating group) is 1. The monoisotopic (exact) mass is 546 g/mol. The van der Waals surface area contributed by atoms with Crippen molar-refractivity contribution in [2.24, 2.45) is 0 Å². The van der Waals surface area contributed by atoms with Gasteiger partial charge in [0.25, 0.3) is 5.91 Å². The molecule has 0 saturated carbocycles. The Hall–Kier alpha value is -4.18. The first-order chi connectivity index (χ1) is 19.2. The third-order valence-corrected chi connectivity index (χ3v) is 7.51. The standard InChI is InChI=1S/C30H34N4O6/c1-18-8-9-22-13-27(18)39-23-7-5-6-21(12-23)17-38-26-10-11-34(29(36)14-24-19(2)32-40-20(24)3)15-25(26)31-28(35)16-33(4)30(22)37/h5-9,12-13,25-26H,10-11,14-17H2,1-4H3,(H,31,35)/t25-,26+/m0/s1. The number of hydrogen-bond acceptors (Lipinski definition) is 7. The van der Waals surface area contributed by atoms with Gasteiger partial charge in [-0.25, -0.2) is 0 Å². The summed E-state index contributed by atoms with van der Waals surface area (Å²) in [6, 6.07) is 12.4. The van der Waals surface area contributed by atoms with Gasteiger partial charge >= 0.3 is 0 Å². The van der Waals surface area contributed by atoms with Crippen molar-refractivity contribution in [1.29, 1.82) is 0 Å². The first-order valence-electron chi connectivity index (χ1n) is 13.4. The van der Waals surface area contributed by atoms with Crippen molar-refractivity contribution in [2.45, 2.75) is 52.4 Å². The lowest BCUT2D eigenvalue weighted by atomic mass is 10.00. The van der Waals surface area contributed by atoms with E-state index in [1.165, 1.54) is 4.90 Å². The van der Waals surface area contributed by atoms with Gasteiger partial charge in [0.2, 0.25) is 11.8 Å². The molecule has 3 aromatic rings. The van der Waals surface area contributed by atoms with Crippen LogP contribution in [0.4, 0.5) is 0 Å². The van der Waals surface area contributed by atoms with Crippen LogP contribution in [0.3, 0.4) is 0 Å². The molecule has 3 heterocycles. The summed E-state index contributed by atoms with van der Waals surface area (Å²) in [6.45, 7) is 6.49. The predicted molar refractivity (Wildman–Crippen MR) is 146 cm³/mol. The fourth-order valence-corrected chi connectivity index (χ4v) is 5.14. The van der Waals surface area contributed by atoms with Crippen LogP contribution in [-0.4, -0.2) is 71.5 Å². The van der Waals surface area contributed by atoms with Crippen molar-refractivity contribution in [2.75, 3.05) is 26.7 Å². The number of hydrogen-bond donors (Lipinski definition) is 1. The predicted octanol–water partition coefficient (Wildman–Crippen LogP) is 3.32. The Labute approximate surface area is 233 Å². The molecule has 0 radical (unpaired) electrons. The highest BCUT2D eigenvalue weighted by molar-refractivity contribution is 5.96. The molecule has 2 aromatic carbocycles. The highest BCUT2D eigenvalue weighted by Gasteiger charge is 2.34. The molecule has 5 rings (SSSR count). The third kappa shape index (κ3) is 6.02. The number of benzene rings is 2. The van der Waals surface area contributed by atoms with Gasteiger partial charge in [0, 0.05) is 31.3 Å². The van der Waals surface area contributed by atoms with E-state index in [-0.39, 0.29) is 36.8 Å². The Morgan fingerprint density at radius 2 is 1.95 bits per heavy atom. The second-order valence-electron chi connectivity index (χ2n) is 10.5. The van der Waals surface area contributed by atoms with Gasteiger partial charge in [-0.3, -0.25) is 14.4 Å². The van der Waals surface area contributed by atoms with Gasteiger partial charge in [-0.15, -0.1) is 0 Å². The molecular weight excluding hydrogens is 512 g/mol. The maximum atomic E-state index is 13.2. The summed E-state index contributed by atoms with van der Waals surface area (Å²) in [5.41, 5.74) is 3.71. The lowest BCUT2D eigenvalue weighted by Gasteiger charge is -2.39. The average molecular weight is 547 g/mol. The molecule has 0 aliphatic carbocycles. The minimum Gasteiger partial charge on any atom is -0.457 e. The van der Waals surface area contributed by atoms with Gasteiger partial charge in [0.15, 0.2) is 0 Å². The van der Waals surface area contributed by atoms with Gasteiger partial charge < -0.3 is 29.1 Å². The van der Waals surface area contributed by atoms with Crippen LogP contribution in [0.5, 0.6) is 11.5 Å². The van der Waals surface area contributed by atoms with Crippen molar-refractivity contribution in [1.82, 2.24) is 20.3 Å². The molecular formula is C30H34N4O6. The second kappa shape index (κ2) is 11.5. The van der Waals surface area contributed by atoms with Crippen LogP contribution in [0.25, 0.3) is 0 Å². The molecule has 10 heteroatoms. The van der Waals surface area contributed by atoms with Crippen LogP contribution in [0, 0.1) is 20.8 Å². The molecule has 0 unspecified atom stereocenters. The number of carbonyl (C=O) groups excluding carboxylic acids is 3. The topological polar surface area (TPSA) is 114 Å². The van der Waals surface area contributed by atoms with Gasteiger partial charge in [-0.2, -0.15) is 0 Å². The van der Waals surface area contributed by atoms with Crippen molar-refractivity contribution >= 4 is 17.7 Å². The minimum absolute atomic E-state index is 0.0680. The number of amides is 3. The van der Waals surface area contributed by atoms with Crippen LogP contribution in [0.1, 0.15) is 44.9 Å². The SMILES string of the molecule is Cc1ccc2cc1Oc1cccc(c1)CO[C@@H]1CCN(C(=O)Cc3c(C)noc3C)C[C@@H]1NC(=O)CN(C)C2=O. The zero-order chi connectivity index (χ0) is 28.4. The van der Waals surface area contributed by atoms with Gasteiger partial charge in [-0.1, -0.05) is 23.4 Å². The number of nitrogens with zero attached hydrogens (tertiary/aromatic N) is 3. The Kier molecular flexibility index (Phi) is 7.88. The largest absolute Gasteiger partial charge is 0.457 e. The normalized spacial score (nSPS) is 20.0. The quantitative estimate of drug-likeness (QED) is 0.525. The maximum absolute atomic E-state index is 13.2. The summed E-state index contributed by atoms with van der Waals surface area (Å²) in [4.78, 5) is 42.6. The van der Waals surface area contributed by atoms with E-state index in [4.69, 9.17) is 14.0 Å². The van der Waals surface area contributed by atoms with Crippen molar-refractivity contribution < 1.29 is 28.4 Å². The molecule has 10 nitrogen and oxygen atoms in total. The lowest BCUT2D eigenvalue weighted by molar-refractivity contribution is -0.136. The number of piperidine rings is 1. The fraction of sp³-hybridized carbons (Fsp3) is 0.400. The average Bonchev–Trinajstić information content (AvgIpc) is 3.24. The molecule has 1 N–H and O–H groups in total. The number of aromatic nitrogens is 1. The van der Waals surface area contributed by atoms with Crippen molar-refractivity contribution in [3.63, 3.8) is 0 Å². The molecule has 2 atom stereocenters. The maximum Gasteiger partial charge on any atom is 0.254 e. The Morgan fingerprint density at radius 1 is 1.12 bits per heavy atom. The Bertz CT molecular complexity index is 1410. The molecule has 2 aliphatic heterocycles. The van der Waals surface area contributed by atoms with Crippen LogP contribution in [0.2, 0.25) is 0 Å². The van der Waals surface area contributed by atoms with Crippen LogP contribution >= 0.6 is 0 Å². The third-order valence-electron chi connectivity index (χ3n) is 7.51. The van der Waals surface area contributed by atoms with Crippen LogP contribution in [0.15, 0.2) is 47.0 Å². The summed E-state index contributed by atoms with van der Waals surface area (Å²) in [5.74, 6) is 1.14. The first-order valence-corrected chi connectivity index (χ1v) is 13.4. The summed E-state index contributed by atoms with van der Waals surface area (Å²) in [5, 5.41) is 6.98. The number of likely N-dealkylation sites (tertiary alicyclic amines) is 1. The fourth-order valence-electron chi connectivity index (χ4n) is 5.14. The van der Waals surface area contributed by atoms with E-state index in [0.717, 1.165) is 16.7 Å². The van der Waals surface area contributed by atoms with Crippen molar-refractivity contribution in [3.05, 3.63) is 76.2 Å². The van der Waals surface area contributed by atoms with E-state index < -0.39 is 6.04 Å². The zero-order valence-corrected chi connectivity index (χ0v) is 23.2. The van der Waals surface area contributed by atoms with Crippen molar-refractivity contribution in [3.8, 4) is 11.5 Å². The number of nitrogens with one attached hydrogen (secondary N) is 1. The summed E-state index contributed by atoms with van der Waals surface area (Å²) in [7, 11) is 1.59. The number of aryl methyl sites for hydroxylation is 3. The number of carbonyl (C=O) groups is 3. The molecule has 40 heavy (non-hydrogen) atoms. The number of ether oxygens (including phenoxy) is 2. The smallest absolute Gasteiger partial charge is 0.254 e. The minimum atomic E-state index is -0.448. The van der Waals surface area contributed by atoms with Gasteiger partial charge in [0.1, 0.15) is 17.3 Å². The summed E-state index contributed by atoms with van der Waals surface area (Å²) >= 11 is 0. The van der Waals surface area contributed by atoms with Crippen LogP contribution in [-0.2, 0) is 27.4 Å². The van der Waals surface area contributed by atoms with Crippen LogP contribution < -0.4 is 10.1 Å². The Morgan fingerprint density at radius 3 is 2.73 bits per heavy atom. The first kappa shape index (κ1) is 27.4. The van der Waals surface area contributed by atoms with E-state index in [1.54, 1.807) is 31.0 Å². The molecule has 210 valence electrons.